The Bertz CT molecular complexity index is 1420. The van der Waals surface area contributed by atoms with E-state index in [1.165, 1.54) is 30.6 Å². The summed E-state index contributed by atoms with van der Waals surface area (Å²) in [6.45, 7) is -0.610. The molecule has 172 valence electrons. The van der Waals surface area contributed by atoms with Gasteiger partial charge in [-0.05, 0) is 30.3 Å². The van der Waals surface area contributed by atoms with E-state index in [1.807, 2.05) is 0 Å². The van der Waals surface area contributed by atoms with Crippen LogP contribution < -0.4 is 10.1 Å². The van der Waals surface area contributed by atoms with Gasteiger partial charge in [0.15, 0.2) is 6.61 Å². The molecule has 0 unspecified atom stereocenters. The molecule has 4 rings (SSSR count). The molecule has 2 aromatic carbocycles. The van der Waals surface area contributed by atoms with Gasteiger partial charge in [0.25, 0.3) is 11.6 Å². The molecule has 11 heteroatoms. The third-order valence-electron chi connectivity index (χ3n) is 4.76. The summed E-state index contributed by atoms with van der Waals surface area (Å²) in [6, 6.07) is 16.0. The standard InChI is InChI=1S/C23H16ClN3O6S/c1-32-19-7-6-13(27(30)31)10-17(19)26-22(28)12-33-23(29)15-11-18(20-8-9-21(24)34-20)25-16-5-3-2-4-14(15)16/h2-11H,12H2,1H3,(H,26,28). The van der Waals surface area contributed by atoms with Crippen LogP contribution in [0.4, 0.5) is 11.4 Å². The first-order chi connectivity index (χ1) is 16.4. The third kappa shape index (κ3) is 4.98. The number of ether oxygens (including phenoxy) is 2. The van der Waals surface area contributed by atoms with Crippen LogP contribution in [0.2, 0.25) is 4.34 Å². The van der Waals surface area contributed by atoms with Crippen molar-refractivity contribution < 1.29 is 24.0 Å². The van der Waals surface area contributed by atoms with Crippen LogP contribution in [0.15, 0.2) is 60.7 Å². The van der Waals surface area contributed by atoms with Crippen LogP contribution >= 0.6 is 22.9 Å². The number of halogens is 1. The second kappa shape index (κ2) is 9.86. The summed E-state index contributed by atoms with van der Waals surface area (Å²) in [4.78, 5) is 41.1. The van der Waals surface area contributed by atoms with Crippen molar-refractivity contribution >= 4 is 57.1 Å². The SMILES string of the molecule is COc1ccc([N+](=O)[O-])cc1NC(=O)COC(=O)c1cc(-c2ccc(Cl)s2)nc2ccccc12. The highest BCUT2D eigenvalue weighted by atomic mass is 35.5. The Hall–Kier alpha value is -4.02. The van der Waals surface area contributed by atoms with Crippen LogP contribution in [0.5, 0.6) is 5.75 Å². The molecule has 0 fully saturated rings. The van der Waals surface area contributed by atoms with Crippen molar-refractivity contribution in [1.29, 1.82) is 0 Å². The lowest BCUT2D eigenvalue weighted by molar-refractivity contribution is -0.384. The number of thiophene rings is 1. The summed E-state index contributed by atoms with van der Waals surface area (Å²) >= 11 is 7.36. The van der Waals surface area contributed by atoms with Crippen LogP contribution in [-0.2, 0) is 9.53 Å². The number of nitro groups is 1. The predicted octanol–water partition coefficient (Wildman–Crippen LogP) is 5.33. The van der Waals surface area contributed by atoms with Crippen LogP contribution in [0.3, 0.4) is 0 Å². The highest BCUT2D eigenvalue weighted by molar-refractivity contribution is 7.19. The van der Waals surface area contributed by atoms with E-state index in [4.69, 9.17) is 21.1 Å². The molecule has 0 bridgehead atoms. The van der Waals surface area contributed by atoms with Crippen molar-refractivity contribution in [3.63, 3.8) is 0 Å². The van der Waals surface area contributed by atoms with Gasteiger partial charge in [0.2, 0.25) is 0 Å². The molecule has 0 aliphatic heterocycles. The molecule has 2 heterocycles. The smallest absolute Gasteiger partial charge is 0.339 e. The Balaban J connectivity index is 1.54. The highest BCUT2D eigenvalue weighted by Crippen LogP contribution is 2.32. The zero-order valence-corrected chi connectivity index (χ0v) is 19.2. The summed E-state index contributed by atoms with van der Waals surface area (Å²) in [7, 11) is 1.36. The average Bonchev–Trinajstić information content (AvgIpc) is 3.28. The second-order valence-electron chi connectivity index (χ2n) is 6.94. The summed E-state index contributed by atoms with van der Waals surface area (Å²) in [5, 5.41) is 14.1. The molecule has 0 atom stereocenters. The number of para-hydroxylation sites is 1. The van der Waals surface area contributed by atoms with Gasteiger partial charge < -0.3 is 14.8 Å². The molecule has 1 amide bonds. The fourth-order valence-electron chi connectivity index (χ4n) is 3.22. The van der Waals surface area contributed by atoms with Crippen LogP contribution in [0, 0.1) is 10.1 Å². The lowest BCUT2D eigenvalue weighted by Crippen LogP contribution is -2.21. The van der Waals surface area contributed by atoms with Gasteiger partial charge in [-0.15, -0.1) is 11.3 Å². The Morgan fingerprint density at radius 1 is 1.15 bits per heavy atom. The number of hydrogen-bond donors (Lipinski definition) is 1. The first-order valence-corrected chi connectivity index (χ1v) is 11.0. The van der Waals surface area contributed by atoms with Crippen molar-refractivity contribution in [2.75, 3.05) is 19.0 Å². The number of pyridine rings is 1. The van der Waals surface area contributed by atoms with Crippen LogP contribution in [-0.4, -0.2) is 35.5 Å². The summed E-state index contributed by atoms with van der Waals surface area (Å²) in [5.41, 5.74) is 1.24. The normalized spacial score (nSPS) is 10.6. The van der Waals surface area contributed by atoms with E-state index in [9.17, 15) is 19.7 Å². The summed E-state index contributed by atoms with van der Waals surface area (Å²) in [6.07, 6.45) is 0. The number of anilines is 1. The number of aromatic nitrogens is 1. The van der Waals surface area contributed by atoms with Crippen molar-refractivity contribution in [2.45, 2.75) is 0 Å². The summed E-state index contributed by atoms with van der Waals surface area (Å²) < 4.78 is 10.9. The number of non-ortho nitro benzene ring substituents is 1. The lowest BCUT2D eigenvalue weighted by Gasteiger charge is -2.11. The van der Waals surface area contributed by atoms with E-state index in [0.29, 0.717) is 20.9 Å². The van der Waals surface area contributed by atoms with E-state index in [1.54, 1.807) is 42.5 Å². The Morgan fingerprint density at radius 3 is 2.65 bits per heavy atom. The molecule has 0 aliphatic rings. The molecule has 0 spiro atoms. The molecular formula is C23H16ClN3O6S. The van der Waals surface area contributed by atoms with E-state index in [-0.39, 0.29) is 22.7 Å². The van der Waals surface area contributed by atoms with Gasteiger partial charge in [-0.3, -0.25) is 14.9 Å². The number of carbonyl (C=O) groups excluding carboxylic acids is 2. The first-order valence-electron chi connectivity index (χ1n) is 9.80. The predicted molar refractivity (Wildman–Crippen MR) is 129 cm³/mol. The molecule has 0 radical (unpaired) electrons. The molecule has 34 heavy (non-hydrogen) atoms. The number of esters is 1. The van der Waals surface area contributed by atoms with Gasteiger partial charge in [0.05, 0.1) is 43.7 Å². The van der Waals surface area contributed by atoms with E-state index in [0.717, 1.165) is 10.9 Å². The zero-order chi connectivity index (χ0) is 24.2. The molecule has 9 nitrogen and oxygen atoms in total. The van der Waals surface area contributed by atoms with Crippen molar-refractivity contribution in [3.05, 3.63) is 80.7 Å². The Kier molecular flexibility index (Phi) is 6.71. The van der Waals surface area contributed by atoms with Crippen LogP contribution in [0.1, 0.15) is 10.4 Å². The van der Waals surface area contributed by atoms with Gasteiger partial charge >= 0.3 is 5.97 Å². The fourth-order valence-corrected chi connectivity index (χ4v) is 4.23. The number of carbonyl (C=O) groups is 2. The zero-order valence-electron chi connectivity index (χ0n) is 17.6. The minimum atomic E-state index is -0.719. The molecule has 0 saturated carbocycles. The van der Waals surface area contributed by atoms with Gasteiger partial charge in [-0.1, -0.05) is 29.8 Å². The van der Waals surface area contributed by atoms with Gasteiger partial charge in [0.1, 0.15) is 5.75 Å². The lowest BCUT2D eigenvalue weighted by atomic mass is 10.1. The third-order valence-corrected chi connectivity index (χ3v) is 6.02. The quantitative estimate of drug-likeness (QED) is 0.208. The monoisotopic (exact) mass is 497 g/mol. The van der Waals surface area contributed by atoms with Crippen molar-refractivity contribution in [2.24, 2.45) is 0 Å². The number of rotatable bonds is 7. The fraction of sp³-hybridized carbons (Fsp3) is 0.0870. The Labute approximate surface area is 202 Å². The molecule has 4 aromatic rings. The Morgan fingerprint density at radius 2 is 1.94 bits per heavy atom. The average molecular weight is 498 g/mol. The van der Waals surface area contributed by atoms with Crippen LogP contribution in [0.25, 0.3) is 21.5 Å². The number of nitro benzene ring substituents is 1. The number of hydrogen-bond acceptors (Lipinski definition) is 8. The van der Waals surface area contributed by atoms with E-state index in [2.05, 4.69) is 10.3 Å². The van der Waals surface area contributed by atoms with E-state index < -0.39 is 23.4 Å². The molecule has 0 aliphatic carbocycles. The van der Waals surface area contributed by atoms with Gasteiger partial charge in [-0.2, -0.15) is 0 Å². The molecule has 0 saturated heterocycles. The number of methoxy groups -OCH3 is 1. The number of fused-ring (bicyclic) bond motifs is 1. The summed E-state index contributed by atoms with van der Waals surface area (Å²) in [5.74, 6) is -1.18. The highest BCUT2D eigenvalue weighted by Gasteiger charge is 2.19. The maximum Gasteiger partial charge on any atom is 0.339 e. The van der Waals surface area contributed by atoms with E-state index >= 15 is 0 Å². The maximum absolute atomic E-state index is 12.9. The molecular weight excluding hydrogens is 482 g/mol. The topological polar surface area (TPSA) is 121 Å². The number of nitrogens with zero attached hydrogens (tertiary/aromatic N) is 2. The minimum Gasteiger partial charge on any atom is -0.495 e. The maximum atomic E-state index is 12.9. The van der Waals surface area contributed by atoms with Crippen molar-refractivity contribution in [3.8, 4) is 16.3 Å². The molecule has 2 aromatic heterocycles. The molecule has 1 N–H and O–H groups in total. The van der Waals surface area contributed by atoms with Gasteiger partial charge in [-0.25, -0.2) is 9.78 Å². The van der Waals surface area contributed by atoms with Gasteiger partial charge in [0, 0.05) is 17.5 Å². The minimum absolute atomic E-state index is 0.0870. The second-order valence-corrected chi connectivity index (χ2v) is 8.66. The number of benzene rings is 2. The number of amides is 1. The largest absolute Gasteiger partial charge is 0.495 e. The van der Waals surface area contributed by atoms with Crippen molar-refractivity contribution in [1.82, 2.24) is 4.98 Å². The first kappa shape index (κ1) is 23.1. The number of nitrogens with one attached hydrogen (secondary N) is 1.